The highest BCUT2D eigenvalue weighted by Gasteiger charge is 1.93. The van der Waals surface area contributed by atoms with E-state index in [4.69, 9.17) is 8.48 Å². The highest BCUT2D eigenvalue weighted by molar-refractivity contribution is 5.17. The number of nitrogens with two attached hydrogens (primary N) is 1. The standard InChI is InChI=1S/C8H11N/c1-7(9)8-5-3-2-4-6-8/h2-7H,9H2,1H3/i5D,6D. The van der Waals surface area contributed by atoms with Crippen LogP contribution in [-0.2, 0) is 0 Å². The van der Waals surface area contributed by atoms with Gasteiger partial charge in [-0.1, -0.05) is 30.3 Å². The lowest BCUT2D eigenvalue weighted by Gasteiger charge is -2.02. The van der Waals surface area contributed by atoms with Crippen molar-refractivity contribution in [2.24, 2.45) is 5.73 Å². The molecule has 0 aromatic heterocycles. The third-order valence-electron chi connectivity index (χ3n) is 1.13. The summed E-state index contributed by atoms with van der Waals surface area (Å²) in [7, 11) is 0. The Morgan fingerprint density at radius 3 is 2.33 bits per heavy atom. The van der Waals surface area contributed by atoms with Gasteiger partial charge in [0.2, 0.25) is 0 Å². The van der Waals surface area contributed by atoms with Crippen LogP contribution in [0.4, 0.5) is 0 Å². The predicted molar refractivity (Wildman–Crippen MR) is 39.0 cm³/mol. The molecule has 1 aromatic carbocycles. The Morgan fingerprint density at radius 1 is 1.44 bits per heavy atom. The normalized spacial score (nSPS) is 16.2. The monoisotopic (exact) mass is 123 g/mol. The Balaban J connectivity index is 3.21. The van der Waals surface area contributed by atoms with Crippen LogP contribution in [0.1, 0.15) is 21.3 Å². The molecule has 0 aliphatic rings. The molecular weight excluding hydrogens is 110 g/mol. The summed E-state index contributed by atoms with van der Waals surface area (Å²) >= 11 is 0. The zero-order valence-electron chi connectivity index (χ0n) is 7.39. The maximum atomic E-state index is 7.44. The molecule has 0 aliphatic carbocycles. The first-order valence-electron chi connectivity index (χ1n) is 3.94. The second-order valence-electron chi connectivity index (χ2n) is 2.02. The fourth-order valence-corrected chi connectivity index (χ4v) is 0.628. The van der Waals surface area contributed by atoms with Crippen LogP contribution in [0.3, 0.4) is 0 Å². The number of hydrogen-bond acceptors (Lipinski definition) is 1. The quantitative estimate of drug-likeness (QED) is 0.604. The van der Waals surface area contributed by atoms with Gasteiger partial charge in [-0.15, -0.1) is 0 Å². The van der Waals surface area contributed by atoms with Crippen molar-refractivity contribution in [1.29, 1.82) is 0 Å². The van der Waals surface area contributed by atoms with Crippen LogP contribution in [0, 0.1) is 0 Å². The molecule has 1 rings (SSSR count). The Labute approximate surface area is 58.3 Å². The van der Waals surface area contributed by atoms with Crippen molar-refractivity contribution in [3.8, 4) is 0 Å². The fraction of sp³-hybridized carbons (Fsp3) is 0.250. The highest BCUT2D eigenvalue weighted by Crippen LogP contribution is 2.06. The molecule has 0 saturated heterocycles. The first-order chi connectivity index (χ1) is 5.13. The first kappa shape index (κ1) is 4.07. The SMILES string of the molecule is [2H]c1cccc([2H])c1C(C)N. The van der Waals surface area contributed by atoms with E-state index in [-0.39, 0.29) is 6.04 Å². The minimum atomic E-state index is -0.226. The van der Waals surface area contributed by atoms with Crippen molar-refractivity contribution in [1.82, 2.24) is 0 Å². The van der Waals surface area contributed by atoms with Crippen LogP contribution in [-0.4, -0.2) is 0 Å². The lowest BCUT2D eigenvalue weighted by molar-refractivity contribution is 0.818. The Hall–Kier alpha value is -0.820. The summed E-state index contributed by atoms with van der Waals surface area (Å²) in [6.45, 7) is 1.78. The van der Waals surface area contributed by atoms with Gasteiger partial charge in [-0.25, -0.2) is 0 Å². The molecule has 1 nitrogen and oxygen atoms in total. The molecule has 1 aromatic rings. The fourth-order valence-electron chi connectivity index (χ4n) is 0.628. The second kappa shape index (κ2) is 2.65. The second-order valence-corrected chi connectivity index (χ2v) is 2.02. The van der Waals surface area contributed by atoms with Crippen LogP contribution < -0.4 is 5.73 Å². The molecule has 0 heterocycles. The maximum absolute atomic E-state index is 7.44. The molecule has 48 valence electrons. The van der Waals surface area contributed by atoms with Crippen molar-refractivity contribution in [3.05, 3.63) is 35.8 Å². The smallest absolute Gasteiger partial charge is 0.0626 e. The van der Waals surface area contributed by atoms with Crippen molar-refractivity contribution in [2.45, 2.75) is 13.0 Å². The summed E-state index contributed by atoms with van der Waals surface area (Å²) in [5.41, 5.74) is 6.19. The zero-order chi connectivity index (χ0) is 8.43. The molecule has 1 heteroatoms. The topological polar surface area (TPSA) is 26.0 Å². The molecule has 0 aliphatic heterocycles. The van der Waals surface area contributed by atoms with E-state index in [1.165, 1.54) is 0 Å². The summed E-state index contributed by atoms with van der Waals surface area (Å²) in [5, 5.41) is 0. The van der Waals surface area contributed by atoms with Crippen LogP contribution in [0.2, 0.25) is 0 Å². The largest absolute Gasteiger partial charge is 0.324 e. The van der Waals surface area contributed by atoms with Gasteiger partial charge in [0.1, 0.15) is 0 Å². The van der Waals surface area contributed by atoms with E-state index >= 15 is 0 Å². The molecular formula is C8H11N. The first-order valence-corrected chi connectivity index (χ1v) is 2.94. The summed E-state index contributed by atoms with van der Waals surface area (Å²) in [6.07, 6.45) is 0. The molecule has 9 heavy (non-hydrogen) atoms. The number of hydrogen-bond donors (Lipinski definition) is 1. The molecule has 0 saturated carbocycles. The van der Waals surface area contributed by atoms with Gasteiger partial charge < -0.3 is 5.73 Å². The average Bonchev–Trinajstić information content (AvgIpc) is 1.85. The molecule has 0 amide bonds. The van der Waals surface area contributed by atoms with Gasteiger partial charge >= 0.3 is 0 Å². The van der Waals surface area contributed by atoms with E-state index < -0.39 is 0 Å². The van der Waals surface area contributed by atoms with Crippen LogP contribution in [0.5, 0.6) is 0 Å². The van der Waals surface area contributed by atoms with Gasteiger partial charge in [0.15, 0.2) is 0 Å². The van der Waals surface area contributed by atoms with Gasteiger partial charge in [0.05, 0.1) is 2.74 Å². The van der Waals surface area contributed by atoms with E-state index in [0.717, 1.165) is 0 Å². The van der Waals surface area contributed by atoms with Crippen LogP contribution >= 0.6 is 0 Å². The van der Waals surface area contributed by atoms with Crippen LogP contribution in [0.25, 0.3) is 0 Å². The van der Waals surface area contributed by atoms with E-state index in [9.17, 15) is 0 Å². The molecule has 0 radical (unpaired) electrons. The van der Waals surface area contributed by atoms with Gasteiger partial charge in [-0.3, -0.25) is 0 Å². The molecule has 1 unspecified atom stereocenters. The van der Waals surface area contributed by atoms with E-state index in [2.05, 4.69) is 0 Å². The predicted octanol–water partition coefficient (Wildman–Crippen LogP) is 1.71. The third kappa shape index (κ3) is 1.54. The van der Waals surface area contributed by atoms with Gasteiger partial charge in [0.25, 0.3) is 0 Å². The van der Waals surface area contributed by atoms with E-state index in [1.54, 1.807) is 25.1 Å². The van der Waals surface area contributed by atoms with Crippen LogP contribution in [0.15, 0.2) is 30.3 Å². The third-order valence-corrected chi connectivity index (χ3v) is 1.13. The number of benzene rings is 1. The zero-order valence-corrected chi connectivity index (χ0v) is 5.39. The highest BCUT2D eigenvalue weighted by atomic mass is 14.6. The maximum Gasteiger partial charge on any atom is 0.0626 e. The Morgan fingerprint density at radius 2 is 2.00 bits per heavy atom. The lowest BCUT2D eigenvalue weighted by atomic mass is 10.1. The Bertz CT molecular complexity index is 238. The molecule has 2 N–H and O–H groups in total. The Kier molecular flexibility index (Phi) is 1.20. The van der Waals surface area contributed by atoms with Gasteiger partial charge in [0, 0.05) is 6.04 Å². The lowest BCUT2D eigenvalue weighted by Crippen LogP contribution is -2.03. The van der Waals surface area contributed by atoms with E-state index in [1.807, 2.05) is 0 Å². The molecule has 1 atom stereocenters. The average molecular weight is 123 g/mol. The minimum Gasteiger partial charge on any atom is -0.324 e. The van der Waals surface area contributed by atoms with Gasteiger partial charge in [-0.2, -0.15) is 0 Å². The van der Waals surface area contributed by atoms with E-state index in [0.29, 0.717) is 17.6 Å². The molecule has 0 spiro atoms. The summed E-state index contributed by atoms with van der Waals surface area (Å²) in [6, 6.07) is 5.47. The van der Waals surface area contributed by atoms with Crippen molar-refractivity contribution in [2.75, 3.05) is 0 Å². The summed E-state index contributed by atoms with van der Waals surface area (Å²) < 4.78 is 14.9. The van der Waals surface area contributed by atoms with Crippen molar-refractivity contribution < 1.29 is 2.74 Å². The molecule has 0 fully saturated rings. The van der Waals surface area contributed by atoms with Crippen molar-refractivity contribution in [3.63, 3.8) is 0 Å². The van der Waals surface area contributed by atoms with Gasteiger partial charge in [-0.05, 0) is 12.5 Å². The summed E-state index contributed by atoms with van der Waals surface area (Å²) in [5.74, 6) is 0. The number of rotatable bonds is 1. The summed E-state index contributed by atoms with van der Waals surface area (Å²) in [4.78, 5) is 0. The minimum absolute atomic E-state index is 0.226. The van der Waals surface area contributed by atoms with Crippen molar-refractivity contribution >= 4 is 0 Å². The molecule has 0 bridgehead atoms.